The molecule has 1 aliphatic carbocycles. The van der Waals surface area contributed by atoms with E-state index in [1.165, 1.54) is 0 Å². The van der Waals surface area contributed by atoms with E-state index in [-0.39, 0.29) is 69.9 Å². The van der Waals surface area contributed by atoms with E-state index in [1.807, 2.05) is 27.7 Å². The van der Waals surface area contributed by atoms with E-state index in [1.54, 1.807) is 0 Å². The van der Waals surface area contributed by atoms with Crippen molar-refractivity contribution in [3.05, 3.63) is 0 Å². The summed E-state index contributed by atoms with van der Waals surface area (Å²) in [5.41, 5.74) is -0.310. The first kappa shape index (κ1) is 27.5. The van der Waals surface area contributed by atoms with E-state index < -0.39 is 32.6 Å². The van der Waals surface area contributed by atoms with E-state index in [0.29, 0.717) is 12.8 Å². The summed E-state index contributed by atoms with van der Waals surface area (Å²) in [6, 6.07) is 0. The van der Waals surface area contributed by atoms with Crippen LogP contribution in [0, 0.1) is 16.7 Å². The van der Waals surface area contributed by atoms with Crippen LogP contribution in [0.2, 0.25) is 0 Å². The zero-order valence-electron chi connectivity index (χ0n) is 14.8. The molecule has 1 fully saturated rings. The largest absolute Gasteiger partial charge is 1.00 e. The molecule has 1 rings (SSSR count). The van der Waals surface area contributed by atoms with E-state index in [0.717, 1.165) is 6.42 Å². The number of hydrogen-bond donors (Lipinski definition) is 3. The first-order valence-corrected chi connectivity index (χ1v) is 9.95. The number of aliphatic hydroxyl groups is 1. The molecule has 3 N–H and O–H groups in total. The monoisotopic (exact) mass is 388 g/mol. The molecule has 11 heteroatoms. The number of hydrogen-bond acceptors (Lipinski definition) is 5. The standard InChI is InChI=1S/C12H26O7P2.2Na/c1-10(2)5-9(6-11(3,4)8-10)7-12(13,20(14,15)16)21(17,18)19;;/h9,13H,5-8H2,1-4H3,(H2,14,15,16)(H2,17,18,19);;/q;2*+1/p-2. The van der Waals surface area contributed by atoms with Gasteiger partial charge < -0.3 is 33.8 Å². The second-order valence-corrected chi connectivity index (χ2v) is 11.7. The summed E-state index contributed by atoms with van der Waals surface area (Å²) in [6.07, 6.45) is 1.14. The maximum absolute atomic E-state index is 11.3. The molecule has 0 aromatic rings. The molecule has 2 unspecified atom stereocenters. The van der Waals surface area contributed by atoms with E-state index in [4.69, 9.17) is 9.79 Å². The first-order chi connectivity index (χ1) is 8.99. The summed E-state index contributed by atoms with van der Waals surface area (Å²) >= 11 is 0. The van der Waals surface area contributed by atoms with Crippen LogP contribution in [0.4, 0.5) is 0 Å². The molecule has 0 heterocycles. The van der Waals surface area contributed by atoms with Gasteiger partial charge in [-0.1, -0.05) is 27.7 Å². The van der Waals surface area contributed by atoms with Crippen LogP contribution < -0.4 is 68.9 Å². The van der Waals surface area contributed by atoms with Crippen molar-refractivity contribution in [3.63, 3.8) is 0 Å². The second kappa shape index (κ2) is 8.52. The molecule has 7 nitrogen and oxygen atoms in total. The Balaban J connectivity index is 0. The van der Waals surface area contributed by atoms with Crippen molar-refractivity contribution in [1.29, 1.82) is 0 Å². The molecule has 0 radical (unpaired) electrons. The van der Waals surface area contributed by atoms with Gasteiger partial charge in [-0.2, -0.15) is 0 Å². The van der Waals surface area contributed by atoms with Crippen LogP contribution >= 0.6 is 15.2 Å². The SMILES string of the molecule is CC1(C)CC(CC(O)(P(=O)([O-])O)P(=O)([O-])O)CC(C)(C)C1.[Na+].[Na+]. The minimum atomic E-state index is -5.68. The Bertz CT molecular complexity index is 460. The van der Waals surface area contributed by atoms with Crippen LogP contribution in [-0.2, 0) is 9.13 Å². The molecular weight excluding hydrogens is 364 g/mol. The number of rotatable bonds is 4. The first-order valence-electron chi connectivity index (χ1n) is 6.79. The molecular formula is C12H24Na2O7P2. The molecule has 126 valence electrons. The molecule has 23 heavy (non-hydrogen) atoms. The maximum atomic E-state index is 11.3. The molecule has 0 amide bonds. The Morgan fingerprint density at radius 3 is 1.57 bits per heavy atom. The molecule has 0 saturated heterocycles. The molecule has 0 aromatic heterocycles. The molecule has 0 aromatic carbocycles. The fraction of sp³-hybridized carbons (Fsp3) is 1.00. The van der Waals surface area contributed by atoms with Gasteiger partial charge in [-0.05, 0) is 42.4 Å². The third-order valence-corrected chi connectivity index (χ3v) is 7.80. The third-order valence-electron chi connectivity index (χ3n) is 4.11. The summed E-state index contributed by atoms with van der Waals surface area (Å²) in [4.78, 5) is 40.8. The van der Waals surface area contributed by atoms with E-state index >= 15 is 0 Å². The predicted octanol–water partition coefficient (Wildman–Crippen LogP) is -5.03. The van der Waals surface area contributed by atoms with Crippen molar-refractivity contribution in [1.82, 2.24) is 0 Å². The Labute approximate surface area is 181 Å². The van der Waals surface area contributed by atoms with Crippen molar-refractivity contribution in [2.45, 2.75) is 58.5 Å². The second-order valence-electron chi connectivity index (χ2n) is 7.80. The Kier molecular flexibility index (Phi) is 10.2. The Hall–Kier alpha value is 2.26. The zero-order valence-corrected chi connectivity index (χ0v) is 20.6. The van der Waals surface area contributed by atoms with Gasteiger partial charge in [0.05, 0.1) is 0 Å². The predicted molar refractivity (Wildman–Crippen MR) is 74.1 cm³/mol. The van der Waals surface area contributed by atoms with Crippen molar-refractivity contribution < 1.29 is 92.9 Å². The molecule has 2 atom stereocenters. The molecule has 0 aliphatic heterocycles. The fourth-order valence-electron chi connectivity index (χ4n) is 4.00. The van der Waals surface area contributed by atoms with Gasteiger partial charge in [0.2, 0.25) is 0 Å². The van der Waals surface area contributed by atoms with Gasteiger partial charge in [0.1, 0.15) is 0 Å². The van der Waals surface area contributed by atoms with Crippen LogP contribution in [-0.4, -0.2) is 20.0 Å². The summed E-state index contributed by atoms with van der Waals surface area (Å²) < 4.78 is 22.6. The van der Waals surface area contributed by atoms with Gasteiger partial charge in [0, 0.05) is 0 Å². The quantitative estimate of drug-likeness (QED) is 0.323. The molecule has 0 spiro atoms. The van der Waals surface area contributed by atoms with E-state index in [2.05, 4.69) is 0 Å². The van der Waals surface area contributed by atoms with Gasteiger partial charge >= 0.3 is 59.1 Å². The fourth-order valence-corrected chi connectivity index (χ4v) is 6.25. The van der Waals surface area contributed by atoms with Crippen molar-refractivity contribution in [3.8, 4) is 0 Å². The minimum absolute atomic E-state index is 0. The summed E-state index contributed by atoms with van der Waals surface area (Å²) in [5.74, 6) is -0.447. The summed E-state index contributed by atoms with van der Waals surface area (Å²) in [6.45, 7) is 7.91. The average molecular weight is 388 g/mol. The normalized spacial score (nSPS) is 28.2. The van der Waals surface area contributed by atoms with Gasteiger partial charge in [-0.15, -0.1) is 0 Å². The Morgan fingerprint density at radius 1 is 1.00 bits per heavy atom. The van der Waals surface area contributed by atoms with E-state index in [9.17, 15) is 24.0 Å². The zero-order chi connectivity index (χ0) is 16.9. The molecule has 1 aliphatic rings. The summed E-state index contributed by atoms with van der Waals surface area (Å²) in [5, 5.41) is 6.41. The Morgan fingerprint density at radius 2 is 1.30 bits per heavy atom. The van der Waals surface area contributed by atoms with Crippen molar-refractivity contribution in [2.75, 3.05) is 0 Å². The van der Waals surface area contributed by atoms with Gasteiger partial charge in [-0.3, -0.25) is 0 Å². The van der Waals surface area contributed by atoms with Gasteiger partial charge in [0.15, 0.2) is 20.3 Å². The molecule has 0 bridgehead atoms. The van der Waals surface area contributed by atoms with Crippen LogP contribution in [0.3, 0.4) is 0 Å². The van der Waals surface area contributed by atoms with Crippen LogP contribution in [0.1, 0.15) is 53.4 Å². The van der Waals surface area contributed by atoms with Crippen LogP contribution in [0.5, 0.6) is 0 Å². The summed E-state index contributed by atoms with van der Waals surface area (Å²) in [7, 11) is -11.4. The van der Waals surface area contributed by atoms with Crippen LogP contribution in [0.15, 0.2) is 0 Å². The van der Waals surface area contributed by atoms with Gasteiger partial charge in [0.25, 0.3) is 0 Å². The topological polar surface area (TPSA) is 141 Å². The smallest absolute Gasteiger partial charge is 0.776 e. The maximum Gasteiger partial charge on any atom is 1.00 e. The third kappa shape index (κ3) is 7.06. The molecule has 1 saturated carbocycles. The average Bonchev–Trinajstić information content (AvgIpc) is 2.07. The minimum Gasteiger partial charge on any atom is -0.776 e. The van der Waals surface area contributed by atoms with Crippen LogP contribution in [0.25, 0.3) is 0 Å². The van der Waals surface area contributed by atoms with Gasteiger partial charge in [-0.25, -0.2) is 0 Å². The van der Waals surface area contributed by atoms with Crippen molar-refractivity contribution in [2.24, 2.45) is 16.7 Å². The van der Waals surface area contributed by atoms with Crippen molar-refractivity contribution >= 4 is 15.2 Å².